The summed E-state index contributed by atoms with van der Waals surface area (Å²) in [5, 5.41) is 9.42. The molecule has 0 fully saturated rings. The number of hydrogen-bond donors (Lipinski definition) is 1. The minimum absolute atomic E-state index is 0.0383. The van der Waals surface area contributed by atoms with E-state index in [0.29, 0.717) is 5.75 Å². The van der Waals surface area contributed by atoms with Crippen molar-refractivity contribution >= 4 is 44.9 Å². The highest BCUT2D eigenvalue weighted by atomic mass is 32.2. The number of carbonyl (C=O) groups is 1. The van der Waals surface area contributed by atoms with Crippen molar-refractivity contribution in [3.05, 3.63) is 28.2 Å². The molecule has 1 atom stereocenters. The molecule has 0 aliphatic heterocycles. The Morgan fingerprint density at radius 1 is 1.41 bits per heavy atom. The van der Waals surface area contributed by atoms with Gasteiger partial charge in [-0.25, -0.2) is 9.97 Å². The van der Waals surface area contributed by atoms with Crippen molar-refractivity contribution in [2.75, 3.05) is 11.1 Å². The van der Waals surface area contributed by atoms with Crippen molar-refractivity contribution in [2.24, 2.45) is 13.0 Å². The molecule has 1 aliphatic carbocycles. The molecule has 3 heterocycles. The summed E-state index contributed by atoms with van der Waals surface area (Å²) < 4.78 is 1.78. The van der Waals surface area contributed by atoms with Gasteiger partial charge in [-0.1, -0.05) is 18.7 Å². The van der Waals surface area contributed by atoms with Gasteiger partial charge < -0.3 is 5.32 Å². The highest BCUT2D eigenvalue weighted by Crippen LogP contribution is 2.40. The van der Waals surface area contributed by atoms with E-state index in [1.807, 2.05) is 20.9 Å². The quantitative estimate of drug-likeness (QED) is 0.530. The van der Waals surface area contributed by atoms with Crippen LogP contribution in [0.25, 0.3) is 10.2 Å². The summed E-state index contributed by atoms with van der Waals surface area (Å²) in [6, 6.07) is 0. The van der Waals surface area contributed by atoms with Crippen LogP contribution in [0.4, 0.5) is 5.69 Å². The maximum absolute atomic E-state index is 12.5. The predicted octanol–water partition coefficient (Wildman–Crippen LogP) is 3.90. The summed E-state index contributed by atoms with van der Waals surface area (Å²) in [5.41, 5.74) is 3.99. The van der Waals surface area contributed by atoms with Gasteiger partial charge >= 0.3 is 0 Å². The number of thiophene rings is 1. The van der Waals surface area contributed by atoms with Gasteiger partial charge in [-0.05, 0) is 44.6 Å². The lowest BCUT2D eigenvalue weighted by molar-refractivity contribution is -0.113. The van der Waals surface area contributed by atoms with E-state index in [4.69, 9.17) is 0 Å². The van der Waals surface area contributed by atoms with Crippen molar-refractivity contribution in [1.82, 2.24) is 19.7 Å². The van der Waals surface area contributed by atoms with E-state index in [1.165, 1.54) is 28.6 Å². The molecular weight excluding hydrogens is 378 g/mol. The standard InChI is InChI=1S/C19H23N5OS2/c1-10-5-6-13-14(7-10)27-19-16(13)18(20-9-21-19)26-8-15(25)22-17-11(2)23-24(4)12(17)3/h9-10H,5-8H2,1-4H3,(H,22,25)/t10-/m1/s1. The lowest BCUT2D eigenvalue weighted by atomic mass is 9.89. The van der Waals surface area contributed by atoms with Crippen LogP contribution in [0, 0.1) is 19.8 Å². The number of nitrogens with zero attached hydrogens (tertiary/aromatic N) is 4. The Hall–Kier alpha value is -1.93. The maximum atomic E-state index is 12.5. The van der Waals surface area contributed by atoms with E-state index < -0.39 is 0 Å². The molecular formula is C19H23N5OS2. The van der Waals surface area contributed by atoms with Gasteiger partial charge in [0.05, 0.1) is 22.8 Å². The summed E-state index contributed by atoms with van der Waals surface area (Å²) in [6.07, 6.45) is 5.03. The molecule has 3 aromatic heterocycles. The lowest BCUT2D eigenvalue weighted by Crippen LogP contribution is -2.15. The second kappa shape index (κ2) is 7.24. The van der Waals surface area contributed by atoms with Crippen LogP contribution in [0.3, 0.4) is 0 Å². The highest BCUT2D eigenvalue weighted by Gasteiger charge is 2.23. The number of aromatic nitrogens is 4. The summed E-state index contributed by atoms with van der Waals surface area (Å²) in [6.45, 7) is 6.17. The van der Waals surface area contributed by atoms with Gasteiger partial charge in [0.1, 0.15) is 16.2 Å². The van der Waals surface area contributed by atoms with Gasteiger partial charge in [-0.3, -0.25) is 9.48 Å². The maximum Gasteiger partial charge on any atom is 0.234 e. The van der Waals surface area contributed by atoms with Crippen molar-refractivity contribution in [3.63, 3.8) is 0 Å². The normalized spacial score (nSPS) is 16.5. The Morgan fingerprint density at radius 2 is 2.22 bits per heavy atom. The summed E-state index contributed by atoms with van der Waals surface area (Å²) >= 11 is 3.28. The minimum Gasteiger partial charge on any atom is -0.322 e. The molecule has 0 bridgehead atoms. The van der Waals surface area contributed by atoms with E-state index in [1.54, 1.807) is 22.3 Å². The number of anilines is 1. The van der Waals surface area contributed by atoms with Crippen LogP contribution in [0.2, 0.25) is 0 Å². The first-order valence-electron chi connectivity index (χ1n) is 9.12. The van der Waals surface area contributed by atoms with Gasteiger partial charge in [0.2, 0.25) is 5.91 Å². The number of amides is 1. The van der Waals surface area contributed by atoms with E-state index in [2.05, 4.69) is 27.3 Å². The number of nitrogens with one attached hydrogen (secondary N) is 1. The van der Waals surface area contributed by atoms with Crippen molar-refractivity contribution in [3.8, 4) is 0 Å². The zero-order chi connectivity index (χ0) is 19.1. The average molecular weight is 402 g/mol. The number of carbonyl (C=O) groups excluding carboxylic acids is 1. The largest absolute Gasteiger partial charge is 0.322 e. The number of thioether (sulfide) groups is 1. The van der Waals surface area contributed by atoms with Crippen molar-refractivity contribution in [2.45, 2.75) is 45.1 Å². The molecule has 3 aromatic rings. The average Bonchev–Trinajstić information content (AvgIpc) is 3.11. The fourth-order valence-corrected chi connectivity index (χ4v) is 5.86. The van der Waals surface area contributed by atoms with Crippen LogP contribution < -0.4 is 5.32 Å². The Labute approximate surface area is 166 Å². The van der Waals surface area contributed by atoms with Gasteiger partial charge in [-0.15, -0.1) is 11.3 Å². The van der Waals surface area contributed by atoms with Crippen LogP contribution in [0.1, 0.15) is 35.2 Å². The molecule has 0 unspecified atom stereocenters. The Morgan fingerprint density at radius 3 is 2.96 bits per heavy atom. The summed E-state index contributed by atoms with van der Waals surface area (Å²) in [7, 11) is 1.88. The number of rotatable bonds is 4. The number of fused-ring (bicyclic) bond motifs is 3. The van der Waals surface area contributed by atoms with Crippen LogP contribution in [0.15, 0.2) is 11.4 Å². The third-order valence-corrected chi connectivity index (χ3v) is 7.32. The fourth-order valence-electron chi connectivity index (χ4n) is 3.62. The molecule has 27 heavy (non-hydrogen) atoms. The van der Waals surface area contributed by atoms with E-state index >= 15 is 0 Å². The Balaban J connectivity index is 1.53. The van der Waals surface area contributed by atoms with Crippen molar-refractivity contribution in [1.29, 1.82) is 0 Å². The van der Waals surface area contributed by atoms with E-state index in [-0.39, 0.29) is 5.91 Å². The van der Waals surface area contributed by atoms with Crippen LogP contribution >= 0.6 is 23.1 Å². The molecule has 142 valence electrons. The zero-order valence-electron chi connectivity index (χ0n) is 16.0. The third kappa shape index (κ3) is 3.48. The monoisotopic (exact) mass is 401 g/mol. The first-order valence-corrected chi connectivity index (χ1v) is 10.9. The van der Waals surface area contributed by atoms with Gasteiger partial charge in [-0.2, -0.15) is 5.10 Å². The second-order valence-corrected chi connectivity index (χ2v) is 9.26. The zero-order valence-corrected chi connectivity index (χ0v) is 17.6. The minimum atomic E-state index is -0.0383. The van der Waals surface area contributed by atoms with E-state index in [0.717, 1.165) is 51.1 Å². The Kier molecular flexibility index (Phi) is 4.94. The van der Waals surface area contributed by atoms with Gasteiger partial charge in [0.15, 0.2) is 0 Å². The first-order chi connectivity index (χ1) is 12.9. The second-order valence-electron chi connectivity index (χ2n) is 7.22. The summed E-state index contributed by atoms with van der Waals surface area (Å²) in [4.78, 5) is 23.9. The molecule has 1 aliphatic rings. The molecule has 0 saturated heterocycles. The van der Waals surface area contributed by atoms with Crippen LogP contribution in [-0.2, 0) is 24.7 Å². The van der Waals surface area contributed by atoms with Gasteiger partial charge in [0.25, 0.3) is 0 Å². The lowest BCUT2D eigenvalue weighted by Gasteiger charge is -2.18. The van der Waals surface area contributed by atoms with Gasteiger partial charge in [0, 0.05) is 17.3 Å². The first kappa shape index (κ1) is 18.4. The fraction of sp³-hybridized carbons (Fsp3) is 0.474. The molecule has 8 heteroatoms. The smallest absolute Gasteiger partial charge is 0.234 e. The third-order valence-electron chi connectivity index (χ3n) is 5.17. The SMILES string of the molecule is Cc1nn(C)c(C)c1NC(=O)CSc1ncnc2sc3c(c12)CC[C@@H](C)C3. The Bertz CT molecular complexity index is 1020. The molecule has 0 radical (unpaired) electrons. The summed E-state index contributed by atoms with van der Waals surface area (Å²) in [5.74, 6) is 1.01. The molecule has 4 rings (SSSR count). The molecule has 0 aromatic carbocycles. The van der Waals surface area contributed by atoms with Crippen LogP contribution in [0.5, 0.6) is 0 Å². The number of aryl methyl sites for hydroxylation is 3. The highest BCUT2D eigenvalue weighted by molar-refractivity contribution is 8.00. The molecule has 1 amide bonds. The predicted molar refractivity (Wildman–Crippen MR) is 111 cm³/mol. The molecule has 0 saturated carbocycles. The molecule has 0 spiro atoms. The van der Waals surface area contributed by atoms with Crippen molar-refractivity contribution < 1.29 is 4.79 Å². The van der Waals surface area contributed by atoms with Crippen LogP contribution in [-0.4, -0.2) is 31.4 Å². The molecule has 6 nitrogen and oxygen atoms in total. The molecule has 1 N–H and O–H groups in total. The topological polar surface area (TPSA) is 72.7 Å². The number of hydrogen-bond acceptors (Lipinski definition) is 6. The van der Waals surface area contributed by atoms with E-state index in [9.17, 15) is 4.79 Å².